The molecule has 0 aliphatic rings. The molecule has 0 fully saturated rings. The fourth-order valence-electron chi connectivity index (χ4n) is 1.35. The van der Waals surface area contributed by atoms with Crippen molar-refractivity contribution in [2.45, 2.75) is 0 Å². The first-order chi connectivity index (χ1) is 8.68. The normalized spacial score (nSPS) is 10.8. The molecular weight excluding hydrogens is 299 g/mol. The maximum atomic E-state index is 13.1. The van der Waals surface area contributed by atoms with Crippen molar-refractivity contribution in [3.8, 4) is 5.75 Å². The van der Waals surface area contributed by atoms with E-state index in [0.717, 1.165) is 5.69 Å². The SMILES string of the molecule is Oc1c(C=NNc2ccccc2)ccc(F)c1Br. The third kappa shape index (κ3) is 2.87. The summed E-state index contributed by atoms with van der Waals surface area (Å²) in [7, 11) is 0. The third-order valence-corrected chi connectivity index (χ3v) is 3.03. The predicted molar refractivity (Wildman–Crippen MR) is 73.4 cm³/mol. The summed E-state index contributed by atoms with van der Waals surface area (Å²) in [6.45, 7) is 0. The summed E-state index contributed by atoms with van der Waals surface area (Å²) < 4.78 is 13.1. The second-order valence-corrected chi connectivity index (χ2v) is 4.33. The number of hydrazone groups is 1. The number of nitrogens with one attached hydrogen (secondary N) is 1. The largest absolute Gasteiger partial charge is 0.506 e. The van der Waals surface area contributed by atoms with Gasteiger partial charge in [-0.3, -0.25) is 5.43 Å². The predicted octanol–water partition coefficient (Wildman–Crippen LogP) is 3.74. The quantitative estimate of drug-likeness (QED) is 0.670. The number of hydrogen-bond acceptors (Lipinski definition) is 3. The number of aromatic hydroxyl groups is 1. The molecule has 0 bridgehead atoms. The van der Waals surface area contributed by atoms with Crippen molar-refractivity contribution < 1.29 is 9.50 Å². The van der Waals surface area contributed by atoms with E-state index in [0.29, 0.717) is 5.56 Å². The van der Waals surface area contributed by atoms with Gasteiger partial charge in [0.25, 0.3) is 0 Å². The van der Waals surface area contributed by atoms with Gasteiger partial charge in [-0.1, -0.05) is 18.2 Å². The molecule has 92 valence electrons. The molecule has 0 aromatic heterocycles. The highest BCUT2D eigenvalue weighted by atomic mass is 79.9. The number of benzene rings is 2. The summed E-state index contributed by atoms with van der Waals surface area (Å²) >= 11 is 2.96. The minimum Gasteiger partial charge on any atom is -0.506 e. The van der Waals surface area contributed by atoms with Crippen LogP contribution < -0.4 is 5.43 Å². The second kappa shape index (κ2) is 5.64. The van der Waals surface area contributed by atoms with Crippen LogP contribution in [0.1, 0.15) is 5.56 Å². The first-order valence-electron chi connectivity index (χ1n) is 5.19. The van der Waals surface area contributed by atoms with E-state index in [9.17, 15) is 9.50 Å². The Morgan fingerprint density at radius 2 is 1.89 bits per heavy atom. The van der Waals surface area contributed by atoms with E-state index in [1.54, 1.807) is 0 Å². The van der Waals surface area contributed by atoms with Crippen LogP contribution in [-0.2, 0) is 0 Å². The molecule has 2 aromatic rings. The molecule has 5 heteroatoms. The zero-order valence-electron chi connectivity index (χ0n) is 9.27. The van der Waals surface area contributed by atoms with Gasteiger partial charge in [0.1, 0.15) is 11.6 Å². The van der Waals surface area contributed by atoms with E-state index in [1.807, 2.05) is 30.3 Å². The van der Waals surface area contributed by atoms with Crippen LogP contribution in [0.5, 0.6) is 5.75 Å². The second-order valence-electron chi connectivity index (χ2n) is 3.54. The van der Waals surface area contributed by atoms with E-state index in [4.69, 9.17) is 0 Å². The molecule has 0 atom stereocenters. The van der Waals surface area contributed by atoms with Crippen LogP contribution in [0.15, 0.2) is 52.0 Å². The number of phenols is 1. The van der Waals surface area contributed by atoms with E-state index in [1.165, 1.54) is 18.3 Å². The Morgan fingerprint density at radius 3 is 2.61 bits per heavy atom. The minimum absolute atomic E-state index is 0.0335. The lowest BCUT2D eigenvalue weighted by atomic mass is 10.2. The number of hydrogen-bond donors (Lipinski definition) is 2. The molecule has 0 saturated heterocycles. The maximum absolute atomic E-state index is 13.1. The van der Waals surface area contributed by atoms with Gasteiger partial charge in [0.05, 0.1) is 16.4 Å². The molecule has 0 amide bonds. The maximum Gasteiger partial charge on any atom is 0.141 e. The fourth-order valence-corrected chi connectivity index (χ4v) is 1.71. The van der Waals surface area contributed by atoms with Crippen LogP contribution in [-0.4, -0.2) is 11.3 Å². The number of phenolic OH excluding ortho intramolecular Hbond substituents is 1. The molecule has 0 unspecified atom stereocenters. The average molecular weight is 309 g/mol. The Bertz CT molecular complexity index is 573. The molecule has 0 aliphatic carbocycles. The lowest BCUT2D eigenvalue weighted by Gasteiger charge is -2.03. The molecule has 0 heterocycles. The van der Waals surface area contributed by atoms with Crippen LogP contribution >= 0.6 is 15.9 Å². The highest BCUT2D eigenvalue weighted by Crippen LogP contribution is 2.29. The van der Waals surface area contributed by atoms with Crippen molar-refractivity contribution in [1.82, 2.24) is 0 Å². The van der Waals surface area contributed by atoms with Crippen molar-refractivity contribution in [2.75, 3.05) is 5.43 Å². The minimum atomic E-state index is -0.513. The monoisotopic (exact) mass is 308 g/mol. The Hall–Kier alpha value is -1.88. The number of anilines is 1. The number of nitrogens with zero attached hydrogens (tertiary/aromatic N) is 1. The van der Waals surface area contributed by atoms with Gasteiger partial charge in [0, 0.05) is 5.56 Å². The summed E-state index contributed by atoms with van der Waals surface area (Å²) in [5.74, 6) is -0.686. The zero-order valence-corrected chi connectivity index (χ0v) is 10.9. The van der Waals surface area contributed by atoms with E-state index < -0.39 is 5.82 Å². The van der Waals surface area contributed by atoms with Gasteiger partial charge in [-0.25, -0.2) is 4.39 Å². The van der Waals surface area contributed by atoms with E-state index in [2.05, 4.69) is 26.5 Å². The van der Waals surface area contributed by atoms with Gasteiger partial charge in [-0.15, -0.1) is 0 Å². The van der Waals surface area contributed by atoms with Crippen LogP contribution in [0.2, 0.25) is 0 Å². The lowest BCUT2D eigenvalue weighted by molar-refractivity contribution is 0.463. The van der Waals surface area contributed by atoms with Gasteiger partial charge in [-0.05, 0) is 40.2 Å². The first kappa shape index (κ1) is 12.6. The number of halogens is 2. The van der Waals surface area contributed by atoms with Crippen molar-refractivity contribution in [2.24, 2.45) is 5.10 Å². The number of rotatable bonds is 3. The molecule has 0 spiro atoms. The summed E-state index contributed by atoms with van der Waals surface area (Å²) in [6, 6.07) is 12.1. The Morgan fingerprint density at radius 1 is 1.17 bits per heavy atom. The molecule has 2 rings (SSSR count). The third-order valence-electron chi connectivity index (χ3n) is 2.27. The topological polar surface area (TPSA) is 44.6 Å². The number of para-hydroxylation sites is 1. The average Bonchev–Trinajstić information content (AvgIpc) is 2.40. The van der Waals surface area contributed by atoms with E-state index in [-0.39, 0.29) is 10.2 Å². The van der Waals surface area contributed by atoms with Crippen molar-refractivity contribution in [3.05, 3.63) is 58.3 Å². The summed E-state index contributed by atoms with van der Waals surface area (Å²) in [6.07, 6.45) is 1.42. The standard InChI is InChI=1S/C13H10BrFN2O/c14-12-11(15)7-6-9(13(12)18)8-16-17-10-4-2-1-3-5-10/h1-8,17-18H. The van der Waals surface area contributed by atoms with Crippen molar-refractivity contribution in [1.29, 1.82) is 0 Å². The summed E-state index contributed by atoms with van der Waals surface area (Å²) in [5.41, 5.74) is 4.05. The zero-order chi connectivity index (χ0) is 13.0. The first-order valence-corrected chi connectivity index (χ1v) is 5.99. The molecule has 3 nitrogen and oxygen atoms in total. The molecule has 2 N–H and O–H groups in total. The van der Waals surface area contributed by atoms with Crippen LogP contribution in [0.3, 0.4) is 0 Å². The van der Waals surface area contributed by atoms with Crippen LogP contribution in [0.4, 0.5) is 10.1 Å². The van der Waals surface area contributed by atoms with Gasteiger partial charge in [0.2, 0.25) is 0 Å². The smallest absolute Gasteiger partial charge is 0.141 e. The highest BCUT2D eigenvalue weighted by molar-refractivity contribution is 9.10. The molecule has 0 radical (unpaired) electrons. The van der Waals surface area contributed by atoms with Crippen LogP contribution in [0, 0.1) is 5.82 Å². The van der Waals surface area contributed by atoms with Gasteiger partial charge in [0.15, 0.2) is 0 Å². The van der Waals surface area contributed by atoms with Crippen molar-refractivity contribution in [3.63, 3.8) is 0 Å². The van der Waals surface area contributed by atoms with Crippen LogP contribution in [0.25, 0.3) is 0 Å². The summed E-state index contributed by atoms with van der Waals surface area (Å²) in [5, 5.41) is 13.6. The Balaban J connectivity index is 2.13. The van der Waals surface area contributed by atoms with Crippen molar-refractivity contribution >= 4 is 27.8 Å². The lowest BCUT2D eigenvalue weighted by Crippen LogP contribution is -1.92. The molecule has 0 saturated carbocycles. The van der Waals surface area contributed by atoms with Gasteiger partial charge < -0.3 is 5.11 Å². The Labute approximate surface area is 112 Å². The molecule has 2 aromatic carbocycles. The molecular formula is C13H10BrFN2O. The van der Waals surface area contributed by atoms with Gasteiger partial charge in [-0.2, -0.15) is 5.10 Å². The highest BCUT2D eigenvalue weighted by Gasteiger charge is 2.08. The van der Waals surface area contributed by atoms with Gasteiger partial charge >= 0.3 is 0 Å². The Kier molecular flexibility index (Phi) is 3.94. The fraction of sp³-hybridized carbons (Fsp3) is 0. The van der Waals surface area contributed by atoms with E-state index >= 15 is 0 Å². The molecule has 18 heavy (non-hydrogen) atoms. The molecule has 0 aliphatic heterocycles. The summed E-state index contributed by atoms with van der Waals surface area (Å²) in [4.78, 5) is 0.